The Morgan fingerprint density at radius 2 is 1.89 bits per heavy atom. The molecule has 0 saturated heterocycles. The zero-order valence-corrected chi connectivity index (χ0v) is 11.0. The van der Waals surface area contributed by atoms with Gasteiger partial charge in [-0.25, -0.2) is 8.78 Å². The van der Waals surface area contributed by atoms with E-state index in [2.05, 4.69) is 10.4 Å². The fraction of sp³-hybridized carbons (Fsp3) is 0.357. The monoisotopic (exact) mass is 265 g/mol. The summed E-state index contributed by atoms with van der Waals surface area (Å²) >= 11 is 0. The SMILES string of the molecule is CCCNC(c1cc(F)cc(F)c1)c1cnn(C)c1. The molecule has 3 nitrogen and oxygen atoms in total. The van der Waals surface area contributed by atoms with E-state index < -0.39 is 11.6 Å². The quantitative estimate of drug-likeness (QED) is 0.901. The molecule has 19 heavy (non-hydrogen) atoms. The van der Waals surface area contributed by atoms with Gasteiger partial charge in [0.25, 0.3) is 0 Å². The lowest BCUT2D eigenvalue weighted by Gasteiger charge is -2.17. The van der Waals surface area contributed by atoms with Gasteiger partial charge in [0.1, 0.15) is 11.6 Å². The van der Waals surface area contributed by atoms with Crippen molar-refractivity contribution in [3.8, 4) is 0 Å². The summed E-state index contributed by atoms with van der Waals surface area (Å²) in [4.78, 5) is 0. The number of rotatable bonds is 5. The molecular weight excluding hydrogens is 248 g/mol. The zero-order valence-electron chi connectivity index (χ0n) is 11.0. The molecule has 1 atom stereocenters. The predicted octanol–water partition coefficient (Wildman–Crippen LogP) is 2.79. The third-order valence-corrected chi connectivity index (χ3v) is 2.87. The van der Waals surface area contributed by atoms with E-state index in [9.17, 15) is 8.78 Å². The highest BCUT2D eigenvalue weighted by Crippen LogP contribution is 2.23. The summed E-state index contributed by atoms with van der Waals surface area (Å²) in [6.07, 6.45) is 4.49. The number of nitrogens with one attached hydrogen (secondary N) is 1. The minimum absolute atomic E-state index is 0.251. The molecule has 0 bridgehead atoms. The van der Waals surface area contributed by atoms with Crippen molar-refractivity contribution in [3.63, 3.8) is 0 Å². The molecule has 5 heteroatoms. The van der Waals surface area contributed by atoms with Crippen LogP contribution in [0.25, 0.3) is 0 Å². The molecule has 0 saturated carbocycles. The average Bonchev–Trinajstić information content (AvgIpc) is 2.75. The van der Waals surface area contributed by atoms with Gasteiger partial charge in [-0.05, 0) is 30.7 Å². The second kappa shape index (κ2) is 5.93. The topological polar surface area (TPSA) is 29.9 Å². The van der Waals surface area contributed by atoms with Gasteiger partial charge in [0, 0.05) is 24.9 Å². The molecule has 102 valence electrons. The van der Waals surface area contributed by atoms with Gasteiger partial charge in [0.15, 0.2) is 0 Å². The Morgan fingerprint density at radius 1 is 1.21 bits per heavy atom. The normalized spacial score (nSPS) is 12.6. The molecule has 0 fully saturated rings. The van der Waals surface area contributed by atoms with Crippen molar-refractivity contribution in [1.82, 2.24) is 15.1 Å². The van der Waals surface area contributed by atoms with Crippen molar-refractivity contribution < 1.29 is 8.78 Å². The highest BCUT2D eigenvalue weighted by molar-refractivity contribution is 5.30. The van der Waals surface area contributed by atoms with Crippen LogP contribution in [0, 0.1) is 11.6 Å². The number of aryl methyl sites for hydroxylation is 1. The van der Waals surface area contributed by atoms with E-state index in [1.54, 1.807) is 10.9 Å². The molecule has 0 aliphatic carbocycles. The van der Waals surface area contributed by atoms with E-state index in [1.807, 2.05) is 20.2 Å². The van der Waals surface area contributed by atoms with Gasteiger partial charge in [-0.3, -0.25) is 4.68 Å². The summed E-state index contributed by atoms with van der Waals surface area (Å²) in [5.74, 6) is -1.13. The van der Waals surface area contributed by atoms with Gasteiger partial charge in [0.2, 0.25) is 0 Å². The van der Waals surface area contributed by atoms with Crippen LogP contribution < -0.4 is 5.32 Å². The van der Waals surface area contributed by atoms with Gasteiger partial charge in [-0.2, -0.15) is 5.10 Å². The van der Waals surface area contributed by atoms with Gasteiger partial charge < -0.3 is 5.32 Å². The first-order valence-corrected chi connectivity index (χ1v) is 6.28. The van der Waals surface area contributed by atoms with E-state index in [4.69, 9.17) is 0 Å². The maximum Gasteiger partial charge on any atom is 0.126 e. The number of benzene rings is 1. The average molecular weight is 265 g/mol. The Hall–Kier alpha value is -1.75. The Bertz CT molecular complexity index is 531. The third kappa shape index (κ3) is 3.38. The first-order chi connectivity index (χ1) is 9.10. The molecule has 0 spiro atoms. The highest BCUT2D eigenvalue weighted by Gasteiger charge is 2.16. The van der Waals surface area contributed by atoms with Crippen LogP contribution in [0.15, 0.2) is 30.6 Å². The van der Waals surface area contributed by atoms with Crippen LogP contribution in [0.1, 0.15) is 30.5 Å². The van der Waals surface area contributed by atoms with Crippen LogP contribution >= 0.6 is 0 Å². The Kier molecular flexibility index (Phi) is 4.27. The van der Waals surface area contributed by atoms with Crippen molar-refractivity contribution in [2.24, 2.45) is 7.05 Å². The van der Waals surface area contributed by atoms with E-state index >= 15 is 0 Å². The molecule has 1 heterocycles. The fourth-order valence-corrected chi connectivity index (χ4v) is 2.05. The standard InChI is InChI=1S/C14H17F2N3/c1-3-4-17-14(11-8-18-19(2)9-11)10-5-12(15)7-13(16)6-10/h5-9,14,17H,3-4H2,1-2H3. The third-order valence-electron chi connectivity index (χ3n) is 2.87. The second-order valence-electron chi connectivity index (χ2n) is 4.54. The Balaban J connectivity index is 2.36. The summed E-state index contributed by atoms with van der Waals surface area (Å²) in [5, 5.41) is 7.39. The minimum atomic E-state index is -0.567. The van der Waals surface area contributed by atoms with E-state index in [-0.39, 0.29) is 6.04 Å². The van der Waals surface area contributed by atoms with Crippen molar-refractivity contribution in [3.05, 3.63) is 53.4 Å². The lowest BCUT2D eigenvalue weighted by atomic mass is 10.0. The molecule has 2 aromatic rings. The number of hydrogen-bond acceptors (Lipinski definition) is 2. The lowest BCUT2D eigenvalue weighted by molar-refractivity contribution is 0.558. The van der Waals surface area contributed by atoms with Gasteiger partial charge >= 0.3 is 0 Å². The molecule has 1 aromatic heterocycles. The maximum atomic E-state index is 13.3. The highest BCUT2D eigenvalue weighted by atomic mass is 19.1. The summed E-state index contributed by atoms with van der Waals surface area (Å²) in [5.41, 5.74) is 1.46. The largest absolute Gasteiger partial charge is 0.306 e. The number of hydrogen-bond donors (Lipinski definition) is 1. The number of nitrogens with zero attached hydrogens (tertiary/aromatic N) is 2. The fourth-order valence-electron chi connectivity index (χ4n) is 2.05. The summed E-state index contributed by atoms with van der Waals surface area (Å²) < 4.78 is 28.4. The first-order valence-electron chi connectivity index (χ1n) is 6.28. The Labute approximate surface area is 111 Å². The molecule has 0 radical (unpaired) electrons. The van der Waals surface area contributed by atoms with Crippen LogP contribution in [0.2, 0.25) is 0 Å². The van der Waals surface area contributed by atoms with Crippen molar-refractivity contribution in [2.75, 3.05) is 6.54 Å². The van der Waals surface area contributed by atoms with Crippen LogP contribution in [0.3, 0.4) is 0 Å². The molecule has 0 amide bonds. The molecule has 1 N–H and O–H groups in total. The molecule has 1 unspecified atom stereocenters. The lowest BCUT2D eigenvalue weighted by Crippen LogP contribution is -2.23. The molecule has 0 aliphatic rings. The van der Waals surface area contributed by atoms with Gasteiger partial charge in [-0.1, -0.05) is 6.92 Å². The van der Waals surface area contributed by atoms with Gasteiger partial charge in [-0.15, -0.1) is 0 Å². The van der Waals surface area contributed by atoms with Crippen molar-refractivity contribution in [2.45, 2.75) is 19.4 Å². The molecule has 1 aromatic carbocycles. The summed E-state index contributed by atoms with van der Waals surface area (Å²) in [7, 11) is 1.81. The maximum absolute atomic E-state index is 13.3. The number of halogens is 2. The number of aromatic nitrogens is 2. The van der Waals surface area contributed by atoms with E-state index in [0.717, 1.165) is 24.6 Å². The van der Waals surface area contributed by atoms with Crippen LogP contribution in [0.4, 0.5) is 8.78 Å². The summed E-state index contributed by atoms with van der Waals surface area (Å²) in [6.45, 7) is 2.80. The van der Waals surface area contributed by atoms with Crippen LogP contribution in [0.5, 0.6) is 0 Å². The molecular formula is C14H17F2N3. The van der Waals surface area contributed by atoms with Crippen molar-refractivity contribution >= 4 is 0 Å². The zero-order chi connectivity index (χ0) is 13.8. The second-order valence-corrected chi connectivity index (χ2v) is 4.54. The minimum Gasteiger partial charge on any atom is -0.306 e. The van der Waals surface area contributed by atoms with Crippen molar-refractivity contribution in [1.29, 1.82) is 0 Å². The van der Waals surface area contributed by atoms with Crippen LogP contribution in [-0.2, 0) is 7.05 Å². The Morgan fingerprint density at radius 3 is 2.42 bits per heavy atom. The molecule has 0 aliphatic heterocycles. The summed E-state index contributed by atoms with van der Waals surface area (Å²) in [6, 6.07) is 3.33. The first kappa shape index (κ1) is 13.7. The van der Waals surface area contributed by atoms with E-state index in [0.29, 0.717) is 5.56 Å². The predicted molar refractivity (Wildman–Crippen MR) is 69.7 cm³/mol. The molecule has 2 rings (SSSR count). The van der Waals surface area contributed by atoms with Crippen LogP contribution in [-0.4, -0.2) is 16.3 Å². The smallest absolute Gasteiger partial charge is 0.126 e. The van der Waals surface area contributed by atoms with Gasteiger partial charge in [0.05, 0.1) is 12.2 Å². The van der Waals surface area contributed by atoms with E-state index in [1.165, 1.54) is 12.1 Å².